The topological polar surface area (TPSA) is 44.5 Å². The van der Waals surface area contributed by atoms with E-state index in [1.54, 1.807) is 6.26 Å². The Bertz CT molecular complexity index is 349. The van der Waals surface area contributed by atoms with Crippen molar-refractivity contribution in [1.29, 1.82) is 0 Å². The molecule has 1 N–H and O–H groups in total. The first-order valence-corrected chi connectivity index (χ1v) is 7.10. The quantitative estimate of drug-likeness (QED) is 0.741. The molecule has 0 bridgehead atoms. The zero-order chi connectivity index (χ0) is 14.3. The predicted octanol–water partition coefficient (Wildman–Crippen LogP) is 1.95. The van der Waals surface area contributed by atoms with E-state index in [0.717, 1.165) is 44.3 Å². The van der Waals surface area contributed by atoms with Crippen molar-refractivity contribution < 1.29 is 4.42 Å². The van der Waals surface area contributed by atoms with Gasteiger partial charge in [0.05, 0.1) is 5.69 Å². The molecular weight excluding hydrogens is 240 g/mol. The molecule has 110 valence electrons. The summed E-state index contributed by atoms with van der Waals surface area (Å²) in [6, 6.07) is 1.20. The van der Waals surface area contributed by atoms with E-state index < -0.39 is 0 Å². The highest BCUT2D eigenvalue weighted by molar-refractivity contribution is 5.26. The van der Waals surface area contributed by atoms with Crippen molar-refractivity contribution in [2.75, 3.05) is 38.6 Å². The molecule has 0 aliphatic carbocycles. The zero-order valence-electron chi connectivity index (χ0n) is 12.9. The van der Waals surface area contributed by atoms with Crippen LogP contribution in [-0.2, 0) is 6.54 Å². The average Bonchev–Trinajstić information content (AvgIpc) is 2.80. The summed E-state index contributed by atoms with van der Waals surface area (Å²) >= 11 is 0. The fraction of sp³-hybridized carbons (Fsp3) is 0.786. The lowest BCUT2D eigenvalue weighted by molar-refractivity contribution is 0.397. The Labute approximate surface area is 117 Å². The van der Waals surface area contributed by atoms with E-state index >= 15 is 0 Å². The van der Waals surface area contributed by atoms with Crippen LogP contribution < -0.4 is 10.2 Å². The summed E-state index contributed by atoms with van der Waals surface area (Å²) in [7, 11) is 4.19. The van der Waals surface area contributed by atoms with Gasteiger partial charge in [-0.3, -0.25) is 0 Å². The molecule has 0 saturated heterocycles. The third-order valence-electron chi connectivity index (χ3n) is 2.92. The third-order valence-corrected chi connectivity index (χ3v) is 2.92. The fourth-order valence-corrected chi connectivity index (χ4v) is 1.80. The number of nitrogens with zero attached hydrogens (tertiary/aromatic N) is 3. The molecule has 0 atom stereocenters. The molecule has 5 nitrogen and oxygen atoms in total. The van der Waals surface area contributed by atoms with Crippen LogP contribution in [0.3, 0.4) is 0 Å². The summed E-state index contributed by atoms with van der Waals surface area (Å²) in [6.45, 7) is 10.1. The van der Waals surface area contributed by atoms with Gasteiger partial charge < -0.3 is 19.5 Å². The van der Waals surface area contributed by atoms with Gasteiger partial charge in [-0.2, -0.15) is 4.98 Å². The summed E-state index contributed by atoms with van der Waals surface area (Å²) in [5, 5.41) is 3.34. The molecule has 0 spiro atoms. The van der Waals surface area contributed by atoms with Crippen molar-refractivity contribution in [2.45, 2.75) is 39.8 Å². The Morgan fingerprint density at radius 1 is 1.32 bits per heavy atom. The Balaban J connectivity index is 2.47. The van der Waals surface area contributed by atoms with Crippen molar-refractivity contribution in [3.8, 4) is 0 Å². The van der Waals surface area contributed by atoms with Gasteiger partial charge in [0.2, 0.25) is 0 Å². The van der Waals surface area contributed by atoms with Crippen LogP contribution in [0, 0.1) is 0 Å². The molecule has 0 fully saturated rings. The van der Waals surface area contributed by atoms with E-state index in [2.05, 4.69) is 55.0 Å². The van der Waals surface area contributed by atoms with Crippen molar-refractivity contribution in [3.63, 3.8) is 0 Å². The molecule has 1 rings (SSSR count). The molecule has 0 radical (unpaired) electrons. The first kappa shape index (κ1) is 16.0. The van der Waals surface area contributed by atoms with Gasteiger partial charge in [-0.05, 0) is 34.0 Å². The lowest BCUT2D eigenvalue weighted by Crippen LogP contribution is -2.27. The fourth-order valence-electron chi connectivity index (χ4n) is 1.80. The Morgan fingerprint density at radius 3 is 2.63 bits per heavy atom. The molecule has 0 unspecified atom stereocenters. The van der Waals surface area contributed by atoms with E-state index in [1.165, 1.54) is 0 Å². The van der Waals surface area contributed by atoms with Crippen LogP contribution in [0.25, 0.3) is 0 Å². The van der Waals surface area contributed by atoms with Crippen LogP contribution in [0.2, 0.25) is 0 Å². The predicted molar refractivity (Wildman–Crippen MR) is 79.5 cm³/mol. The van der Waals surface area contributed by atoms with Crippen molar-refractivity contribution in [1.82, 2.24) is 15.2 Å². The summed E-state index contributed by atoms with van der Waals surface area (Å²) in [5.41, 5.74) is 0.967. The van der Waals surface area contributed by atoms with Gasteiger partial charge >= 0.3 is 0 Å². The number of oxazole rings is 1. The van der Waals surface area contributed by atoms with Crippen molar-refractivity contribution >= 4 is 6.01 Å². The molecule has 0 saturated carbocycles. The van der Waals surface area contributed by atoms with Crippen molar-refractivity contribution in [2.24, 2.45) is 0 Å². The summed E-state index contributed by atoms with van der Waals surface area (Å²) < 4.78 is 5.57. The molecule has 19 heavy (non-hydrogen) atoms. The minimum Gasteiger partial charge on any atom is -0.432 e. The number of aromatic nitrogens is 1. The number of hydrogen-bond acceptors (Lipinski definition) is 5. The number of hydrogen-bond donors (Lipinski definition) is 1. The largest absolute Gasteiger partial charge is 0.432 e. The van der Waals surface area contributed by atoms with Gasteiger partial charge in [-0.25, -0.2) is 0 Å². The van der Waals surface area contributed by atoms with Gasteiger partial charge in [0, 0.05) is 25.7 Å². The molecule has 5 heteroatoms. The normalized spacial score (nSPS) is 11.5. The summed E-state index contributed by atoms with van der Waals surface area (Å²) in [5.74, 6) is 0. The van der Waals surface area contributed by atoms with E-state index in [4.69, 9.17) is 4.42 Å². The van der Waals surface area contributed by atoms with Crippen LogP contribution in [-0.4, -0.2) is 49.7 Å². The monoisotopic (exact) mass is 268 g/mol. The molecule has 0 aromatic carbocycles. The molecule has 1 heterocycles. The van der Waals surface area contributed by atoms with E-state index in [0.29, 0.717) is 6.04 Å². The van der Waals surface area contributed by atoms with E-state index in [9.17, 15) is 0 Å². The SMILES string of the molecule is CCN(CCCN(C)C)c1nc(CNC(C)C)co1. The number of anilines is 1. The summed E-state index contributed by atoms with van der Waals surface area (Å²) in [4.78, 5) is 8.91. The minimum absolute atomic E-state index is 0.461. The van der Waals surface area contributed by atoms with Gasteiger partial charge in [0.1, 0.15) is 6.26 Å². The van der Waals surface area contributed by atoms with Gasteiger partial charge in [0.15, 0.2) is 0 Å². The maximum Gasteiger partial charge on any atom is 0.297 e. The lowest BCUT2D eigenvalue weighted by atomic mass is 10.3. The molecule has 1 aromatic heterocycles. The second kappa shape index (κ2) is 8.17. The van der Waals surface area contributed by atoms with Crippen LogP contribution >= 0.6 is 0 Å². The molecular formula is C14H28N4O. The van der Waals surface area contributed by atoms with Gasteiger partial charge in [-0.15, -0.1) is 0 Å². The standard InChI is InChI=1S/C14H28N4O/c1-6-18(9-7-8-17(4)5)14-16-13(11-19-14)10-15-12(2)3/h11-12,15H,6-10H2,1-5H3. The first-order chi connectivity index (χ1) is 9.02. The lowest BCUT2D eigenvalue weighted by Gasteiger charge is -2.19. The molecule has 0 amide bonds. The molecule has 1 aromatic rings. The second-order valence-corrected chi connectivity index (χ2v) is 5.39. The number of nitrogens with one attached hydrogen (secondary N) is 1. The molecule has 0 aliphatic rings. The van der Waals surface area contributed by atoms with Crippen LogP contribution in [0.4, 0.5) is 6.01 Å². The maximum absolute atomic E-state index is 5.57. The first-order valence-electron chi connectivity index (χ1n) is 7.10. The highest BCUT2D eigenvalue weighted by atomic mass is 16.4. The number of rotatable bonds is 9. The van der Waals surface area contributed by atoms with E-state index in [-0.39, 0.29) is 0 Å². The second-order valence-electron chi connectivity index (χ2n) is 5.39. The van der Waals surface area contributed by atoms with Crippen LogP contribution in [0.15, 0.2) is 10.7 Å². The minimum atomic E-state index is 0.461. The smallest absolute Gasteiger partial charge is 0.297 e. The van der Waals surface area contributed by atoms with E-state index in [1.807, 2.05) is 0 Å². The zero-order valence-corrected chi connectivity index (χ0v) is 12.9. The maximum atomic E-state index is 5.57. The third kappa shape index (κ3) is 6.07. The Hall–Kier alpha value is -1.07. The Morgan fingerprint density at radius 2 is 2.05 bits per heavy atom. The highest BCUT2D eigenvalue weighted by Crippen LogP contribution is 2.13. The van der Waals surface area contributed by atoms with Gasteiger partial charge in [0.25, 0.3) is 6.01 Å². The van der Waals surface area contributed by atoms with Crippen LogP contribution in [0.5, 0.6) is 0 Å². The van der Waals surface area contributed by atoms with Gasteiger partial charge in [-0.1, -0.05) is 13.8 Å². The van der Waals surface area contributed by atoms with Crippen molar-refractivity contribution in [3.05, 3.63) is 12.0 Å². The summed E-state index contributed by atoms with van der Waals surface area (Å²) in [6.07, 6.45) is 2.86. The Kier molecular flexibility index (Phi) is 6.87. The highest BCUT2D eigenvalue weighted by Gasteiger charge is 2.11. The van der Waals surface area contributed by atoms with Crippen LogP contribution in [0.1, 0.15) is 32.9 Å². The molecule has 0 aliphatic heterocycles. The average molecular weight is 268 g/mol.